The van der Waals surface area contributed by atoms with Crippen molar-refractivity contribution in [2.24, 2.45) is 5.41 Å². The first-order chi connectivity index (χ1) is 16.8. The second-order valence-corrected chi connectivity index (χ2v) is 10.1. The van der Waals surface area contributed by atoms with Crippen molar-refractivity contribution >= 4 is 18.0 Å². The van der Waals surface area contributed by atoms with E-state index in [1.54, 1.807) is 13.8 Å². The molecule has 1 saturated heterocycles. The first-order valence-corrected chi connectivity index (χ1v) is 12.4. The highest BCUT2D eigenvalue weighted by Crippen LogP contribution is 2.44. The van der Waals surface area contributed by atoms with E-state index in [0.717, 1.165) is 30.4 Å². The number of carboxylic acid groups (broad SMARTS) is 1. The van der Waals surface area contributed by atoms with E-state index in [-0.39, 0.29) is 25.0 Å². The number of ether oxygens (including phenoxy) is 1. The Morgan fingerprint density at radius 1 is 1.00 bits per heavy atom. The predicted molar refractivity (Wildman–Crippen MR) is 133 cm³/mol. The van der Waals surface area contributed by atoms with Gasteiger partial charge in [0.1, 0.15) is 12.6 Å². The van der Waals surface area contributed by atoms with Gasteiger partial charge in [0, 0.05) is 24.4 Å². The maximum atomic E-state index is 13.2. The maximum absolute atomic E-state index is 13.2. The van der Waals surface area contributed by atoms with Gasteiger partial charge in [-0.1, -0.05) is 75.2 Å². The van der Waals surface area contributed by atoms with Crippen LogP contribution in [0.3, 0.4) is 0 Å². The van der Waals surface area contributed by atoms with Crippen LogP contribution in [0.25, 0.3) is 11.1 Å². The third-order valence-corrected chi connectivity index (χ3v) is 7.24. The van der Waals surface area contributed by atoms with Gasteiger partial charge in [-0.05, 0) is 41.5 Å². The minimum absolute atomic E-state index is 0.0119. The minimum Gasteiger partial charge on any atom is -0.480 e. The molecule has 0 aromatic heterocycles. The quantitative estimate of drug-likeness (QED) is 0.596. The van der Waals surface area contributed by atoms with Crippen LogP contribution in [0.1, 0.15) is 63.0 Å². The van der Waals surface area contributed by atoms with E-state index < -0.39 is 23.5 Å². The van der Waals surface area contributed by atoms with Crippen molar-refractivity contribution in [2.45, 2.75) is 57.9 Å². The fourth-order valence-electron chi connectivity index (χ4n) is 5.23. The van der Waals surface area contributed by atoms with Crippen molar-refractivity contribution in [3.63, 3.8) is 0 Å². The number of nitrogens with one attached hydrogen (secondary N) is 1. The zero-order chi connectivity index (χ0) is 25.0. The van der Waals surface area contributed by atoms with Crippen LogP contribution in [-0.2, 0) is 14.3 Å². The van der Waals surface area contributed by atoms with E-state index in [1.807, 2.05) is 24.3 Å². The van der Waals surface area contributed by atoms with E-state index >= 15 is 0 Å². The Labute approximate surface area is 206 Å². The Kier molecular flexibility index (Phi) is 7.43. The predicted octanol–water partition coefficient (Wildman–Crippen LogP) is 4.80. The van der Waals surface area contributed by atoms with E-state index in [2.05, 4.69) is 29.6 Å². The number of alkyl carbamates (subject to hydrolysis) is 1. The number of benzene rings is 2. The van der Waals surface area contributed by atoms with Gasteiger partial charge in [-0.15, -0.1) is 0 Å². The van der Waals surface area contributed by atoms with Crippen molar-refractivity contribution in [2.75, 3.05) is 19.7 Å². The van der Waals surface area contributed by atoms with Crippen LogP contribution in [0.15, 0.2) is 48.5 Å². The number of carboxylic acids is 1. The highest BCUT2D eigenvalue weighted by Gasteiger charge is 2.38. The monoisotopic (exact) mass is 478 g/mol. The molecule has 1 unspecified atom stereocenters. The Bertz CT molecular complexity index is 1050. The van der Waals surface area contributed by atoms with Crippen molar-refractivity contribution in [3.8, 4) is 11.1 Å². The fraction of sp³-hybridized carbons (Fsp3) is 0.464. The highest BCUT2D eigenvalue weighted by atomic mass is 16.5. The summed E-state index contributed by atoms with van der Waals surface area (Å²) in [5.41, 5.74) is 3.85. The number of carbonyl (C=O) groups excluding carboxylic acids is 2. The van der Waals surface area contributed by atoms with Gasteiger partial charge in [0.15, 0.2) is 0 Å². The summed E-state index contributed by atoms with van der Waals surface area (Å²) in [6.07, 6.45) is 2.90. The molecule has 0 radical (unpaired) electrons. The van der Waals surface area contributed by atoms with Gasteiger partial charge in [-0.2, -0.15) is 0 Å². The molecule has 2 aromatic carbocycles. The lowest BCUT2D eigenvalue weighted by atomic mass is 9.86. The van der Waals surface area contributed by atoms with Gasteiger partial charge in [0.25, 0.3) is 0 Å². The Morgan fingerprint density at radius 2 is 1.63 bits per heavy atom. The Balaban J connectivity index is 1.31. The summed E-state index contributed by atoms with van der Waals surface area (Å²) >= 11 is 0. The number of amides is 2. The number of rotatable bonds is 7. The zero-order valence-electron chi connectivity index (χ0n) is 20.5. The third kappa shape index (κ3) is 5.34. The molecule has 0 bridgehead atoms. The van der Waals surface area contributed by atoms with E-state index in [4.69, 9.17) is 4.74 Å². The lowest BCUT2D eigenvalue weighted by Crippen LogP contribution is -2.50. The first-order valence-electron chi connectivity index (χ1n) is 12.4. The van der Waals surface area contributed by atoms with Crippen molar-refractivity contribution < 1.29 is 24.2 Å². The lowest BCUT2D eigenvalue weighted by molar-refractivity contribution is -0.154. The molecular formula is C28H34N2O5. The average Bonchev–Trinajstić information content (AvgIpc) is 2.97. The summed E-state index contributed by atoms with van der Waals surface area (Å²) in [4.78, 5) is 38.9. The minimum atomic E-state index is -0.951. The van der Waals surface area contributed by atoms with Crippen LogP contribution in [-0.4, -0.2) is 53.7 Å². The maximum Gasteiger partial charge on any atom is 0.407 e. The molecule has 2 N–H and O–H groups in total. The number of hydrogen-bond donors (Lipinski definition) is 2. The summed E-state index contributed by atoms with van der Waals surface area (Å²) in [5, 5.41) is 12.4. The van der Waals surface area contributed by atoms with Crippen LogP contribution in [0.4, 0.5) is 4.79 Å². The molecule has 186 valence electrons. The Morgan fingerprint density at radius 3 is 2.26 bits per heavy atom. The van der Waals surface area contributed by atoms with Gasteiger partial charge >= 0.3 is 12.1 Å². The number of carbonyl (C=O) groups is 3. The molecule has 7 heteroatoms. The molecule has 0 spiro atoms. The lowest BCUT2D eigenvalue weighted by Gasteiger charge is -2.34. The first kappa shape index (κ1) is 24.8. The molecule has 0 saturated carbocycles. The smallest absolute Gasteiger partial charge is 0.407 e. The number of likely N-dealkylation sites (tertiary alicyclic amines) is 1. The molecule has 1 fully saturated rings. The number of hydrogen-bond acceptors (Lipinski definition) is 4. The third-order valence-electron chi connectivity index (χ3n) is 7.24. The van der Waals surface area contributed by atoms with Crippen molar-refractivity contribution in [1.82, 2.24) is 10.2 Å². The normalized spacial score (nSPS) is 17.8. The molecule has 1 aliphatic carbocycles. The van der Waals surface area contributed by atoms with Crippen molar-refractivity contribution in [1.29, 1.82) is 0 Å². The number of nitrogens with zero attached hydrogens (tertiary/aromatic N) is 1. The number of aliphatic carboxylic acids is 1. The van der Waals surface area contributed by atoms with Crippen LogP contribution < -0.4 is 5.32 Å². The topological polar surface area (TPSA) is 95.9 Å². The summed E-state index contributed by atoms with van der Waals surface area (Å²) in [7, 11) is 0. The molecule has 7 nitrogen and oxygen atoms in total. The van der Waals surface area contributed by atoms with Crippen LogP contribution in [0.2, 0.25) is 0 Å². The summed E-state index contributed by atoms with van der Waals surface area (Å²) < 4.78 is 5.57. The average molecular weight is 479 g/mol. The summed E-state index contributed by atoms with van der Waals surface area (Å²) in [6.45, 7) is 4.56. The fourth-order valence-corrected chi connectivity index (χ4v) is 5.23. The largest absolute Gasteiger partial charge is 0.480 e. The SMILES string of the molecule is CC(C)(CCNC(=O)OCC1c2ccccc2-c2ccccc21)C(=O)N1CCCCCC1C(=O)O. The van der Waals surface area contributed by atoms with Gasteiger partial charge < -0.3 is 20.1 Å². The van der Waals surface area contributed by atoms with Gasteiger partial charge in [-0.3, -0.25) is 4.79 Å². The standard InChI is InChI=1S/C28H34N2O5/c1-28(2,26(33)30-17-9-3-4-14-24(30)25(31)32)15-16-29-27(34)35-18-23-21-12-7-5-10-19(21)20-11-6-8-13-22(20)23/h5-8,10-13,23-24H,3-4,9,14-18H2,1-2H3,(H,29,34)(H,31,32). The van der Waals surface area contributed by atoms with E-state index in [0.29, 0.717) is 19.4 Å². The van der Waals surface area contributed by atoms with Crippen LogP contribution in [0.5, 0.6) is 0 Å². The number of fused-ring (bicyclic) bond motifs is 3. The van der Waals surface area contributed by atoms with Gasteiger partial charge in [0.2, 0.25) is 5.91 Å². The summed E-state index contributed by atoms with van der Waals surface area (Å²) in [5.74, 6) is -1.14. The zero-order valence-corrected chi connectivity index (χ0v) is 20.5. The van der Waals surface area contributed by atoms with Crippen LogP contribution >= 0.6 is 0 Å². The molecule has 1 aliphatic heterocycles. The molecule has 1 heterocycles. The second kappa shape index (κ2) is 10.5. The Hall–Kier alpha value is -3.35. The van der Waals surface area contributed by atoms with Gasteiger partial charge in [0.05, 0.1) is 0 Å². The summed E-state index contributed by atoms with van der Waals surface area (Å²) in [6, 6.07) is 15.6. The van der Waals surface area contributed by atoms with E-state index in [1.165, 1.54) is 16.0 Å². The van der Waals surface area contributed by atoms with Gasteiger partial charge in [-0.25, -0.2) is 9.59 Å². The molecule has 2 amide bonds. The molecule has 35 heavy (non-hydrogen) atoms. The van der Waals surface area contributed by atoms with Crippen LogP contribution in [0, 0.1) is 5.41 Å². The van der Waals surface area contributed by atoms with Crippen molar-refractivity contribution in [3.05, 3.63) is 59.7 Å². The molecule has 4 rings (SSSR count). The molecule has 1 atom stereocenters. The second-order valence-electron chi connectivity index (χ2n) is 10.1. The molecular weight excluding hydrogens is 444 g/mol. The molecule has 2 aliphatic rings. The molecule has 2 aromatic rings. The highest BCUT2D eigenvalue weighted by molar-refractivity contribution is 5.87. The van der Waals surface area contributed by atoms with E-state index in [9.17, 15) is 19.5 Å².